The number of carbonyl (C=O) groups is 2. The summed E-state index contributed by atoms with van der Waals surface area (Å²) in [6.07, 6.45) is 2.21. The summed E-state index contributed by atoms with van der Waals surface area (Å²) in [7, 11) is 1.86. The molecule has 2 amide bonds. The molecule has 1 aliphatic heterocycles. The average molecular weight is 457 g/mol. The molecule has 0 saturated carbocycles. The van der Waals surface area contributed by atoms with E-state index in [1.807, 2.05) is 11.9 Å². The molecule has 160 valence electrons. The molecule has 7 nitrogen and oxygen atoms in total. The minimum Gasteiger partial charge on any atom is -0.347 e. The largest absolute Gasteiger partial charge is 0.347 e. The maximum atomic E-state index is 12.8. The second kappa shape index (κ2) is 9.05. The second-order valence-corrected chi connectivity index (χ2v) is 9.13. The molecule has 0 radical (unpaired) electrons. The number of hydrogen-bond acceptors (Lipinski definition) is 5. The second-order valence-electron chi connectivity index (χ2n) is 7.41. The van der Waals surface area contributed by atoms with Gasteiger partial charge < -0.3 is 10.6 Å². The zero-order chi connectivity index (χ0) is 22.0. The Morgan fingerprint density at radius 2 is 1.87 bits per heavy atom. The summed E-state index contributed by atoms with van der Waals surface area (Å²) in [5, 5.41) is 5.90. The van der Waals surface area contributed by atoms with Crippen LogP contribution in [-0.2, 0) is 4.79 Å². The molecule has 0 bridgehead atoms. The van der Waals surface area contributed by atoms with Crippen molar-refractivity contribution in [2.24, 2.45) is 0 Å². The van der Waals surface area contributed by atoms with Crippen molar-refractivity contribution >= 4 is 40.4 Å². The van der Waals surface area contributed by atoms with Crippen molar-refractivity contribution in [3.63, 3.8) is 0 Å². The van der Waals surface area contributed by atoms with Gasteiger partial charge in [0.05, 0.1) is 15.3 Å². The van der Waals surface area contributed by atoms with Crippen LogP contribution in [0.4, 0.5) is 5.69 Å². The van der Waals surface area contributed by atoms with Crippen molar-refractivity contribution in [1.82, 2.24) is 14.8 Å². The lowest BCUT2D eigenvalue weighted by atomic mass is 10.1. The van der Waals surface area contributed by atoms with Gasteiger partial charge in [-0.25, -0.2) is 0 Å². The van der Waals surface area contributed by atoms with Gasteiger partial charge in [0.15, 0.2) is 0 Å². The van der Waals surface area contributed by atoms with Gasteiger partial charge in [-0.15, -0.1) is 11.3 Å². The van der Waals surface area contributed by atoms with Crippen LogP contribution < -0.4 is 16.2 Å². The number of amides is 2. The number of likely N-dealkylation sites (tertiary alicyclic amines) is 1. The van der Waals surface area contributed by atoms with Crippen molar-refractivity contribution in [2.45, 2.75) is 18.5 Å². The van der Waals surface area contributed by atoms with Crippen LogP contribution in [0.3, 0.4) is 0 Å². The summed E-state index contributed by atoms with van der Waals surface area (Å²) in [6.45, 7) is 0.582. The Bertz CT molecular complexity index is 1160. The standard InChI is InChI=1S/C22H21ClN4O3S/c1-26-13-15(25-22(30)18-9-10-19(23)31-18)12-17(26)21(29)24-14-5-7-16(8-6-14)27-11-3-2-4-20(27)28/h2-11,15,17H,12-13H2,1H3,(H,24,29)(H,25,30)/t15-,17?/m0/s1. The molecule has 1 aliphatic rings. The molecule has 2 atom stereocenters. The third-order valence-electron chi connectivity index (χ3n) is 5.22. The molecule has 1 unspecified atom stereocenters. The number of halogens is 1. The van der Waals surface area contributed by atoms with Gasteiger partial charge in [0.1, 0.15) is 0 Å². The van der Waals surface area contributed by atoms with E-state index in [0.717, 1.165) is 5.69 Å². The van der Waals surface area contributed by atoms with Gasteiger partial charge in [-0.2, -0.15) is 0 Å². The monoisotopic (exact) mass is 456 g/mol. The topological polar surface area (TPSA) is 83.4 Å². The quantitative estimate of drug-likeness (QED) is 0.618. The molecule has 31 heavy (non-hydrogen) atoms. The van der Waals surface area contributed by atoms with Crippen LogP contribution in [-0.4, -0.2) is 47.0 Å². The highest BCUT2D eigenvalue weighted by atomic mass is 35.5. The summed E-state index contributed by atoms with van der Waals surface area (Å²) < 4.78 is 2.10. The normalized spacial score (nSPS) is 18.6. The SMILES string of the molecule is CN1C[C@@H](NC(=O)c2ccc(Cl)s2)CC1C(=O)Nc1ccc(-n2ccccc2=O)cc1. The number of nitrogens with zero attached hydrogens (tertiary/aromatic N) is 2. The lowest BCUT2D eigenvalue weighted by molar-refractivity contribution is -0.119. The zero-order valence-electron chi connectivity index (χ0n) is 16.7. The Morgan fingerprint density at radius 1 is 1.10 bits per heavy atom. The van der Waals surface area contributed by atoms with E-state index < -0.39 is 0 Å². The third kappa shape index (κ3) is 4.87. The van der Waals surface area contributed by atoms with Crippen LogP contribution in [0, 0.1) is 0 Å². The van der Waals surface area contributed by atoms with Gasteiger partial charge in [-0.1, -0.05) is 17.7 Å². The van der Waals surface area contributed by atoms with Gasteiger partial charge in [-0.3, -0.25) is 23.9 Å². The first-order chi connectivity index (χ1) is 14.9. The number of thiophene rings is 1. The van der Waals surface area contributed by atoms with E-state index in [9.17, 15) is 14.4 Å². The predicted octanol–water partition coefficient (Wildman–Crippen LogP) is 2.99. The molecule has 1 saturated heterocycles. The number of rotatable bonds is 5. The Morgan fingerprint density at radius 3 is 2.55 bits per heavy atom. The van der Waals surface area contributed by atoms with Gasteiger partial charge >= 0.3 is 0 Å². The lowest BCUT2D eigenvalue weighted by Gasteiger charge is -2.18. The van der Waals surface area contributed by atoms with Gasteiger partial charge in [-0.05, 0) is 55.9 Å². The third-order valence-corrected chi connectivity index (χ3v) is 6.45. The zero-order valence-corrected chi connectivity index (χ0v) is 18.3. The van der Waals surface area contributed by atoms with E-state index in [1.165, 1.54) is 22.0 Å². The summed E-state index contributed by atoms with van der Waals surface area (Å²) in [4.78, 5) is 39.6. The minimum atomic E-state index is -0.353. The smallest absolute Gasteiger partial charge is 0.261 e. The van der Waals surface area contributed by atoms with E-state index >= 15 is 0 Å². The number of pyridine rings is 1. The minimum absolute atomic E-state index is 0.121. The van der Waals surface area contributed by atoms with Crippen LogP contribution in [0.1, 0.15) is 16.1 Å². The van der Waals surface area contributed by atoms with E-state index in [1.54, 1.807) is 54.7 Å². The summed E-state index contributed by atoms with van der Waals surface area (Å²) >= 11 is 7.13. The maximum Gasteiger partial charge on any atom is 0.261 e. The first-order valence-corrected chi connectivity index (χ1v) is 11.0. The number of hydrogen-bond donors (Lipinski definition) is 2. The molecule has 0 spiro atoms. The van der Waals surface area contributed by atoms with Crippen molar-refractivity contribution in [1.29, 1.82) is 0 Å². The average Bonchev–Trinajstić information content (AvgIpc) is 3.34. The highest BCUT2D eigenvalue weighted by Crippen LogP contribution is 2.23. The number of carbonyl (C=O) groups excluding carboxylic acids is 2. The Labute approximate surface area is 188 Å². The van der Waals surface area contributed by atoms with Crippen LogP contribution in [0.15, 0.2) is 65.6 Å². The molecule has 1 fully saturated rings. The number of anilines is 1. The molecule has 9 heteroatoms. The Hall–Kier alpha value is -2.94. The van der Waals surface area contributed by atoms with Crippen LogP contribution >= 0.6 is 22.9 Å². The molecule has 3 aromatic rings. The molecule has 2 N–H and O–H groups in total. The molecule has 3 heterocycles. The Kier molecular flexibility index (Phi) is 6.22. The highest BCUT2D eigenvalue weighted by molar-refractivity contribution is 7.18. The van der Waals surface area contributed by atoms with Crippen LogP contribution in [0.2, 0.25) is 4.34 Å². The molecule has 2 aromatic heterocycles. The summed E-state index contributed by atoms with van der Waals surface area (Å²) in [6, 6.07) is 15.0. The van der Waals surface area contributed by atoms with Gasteiger partial charge in [0, 0.05) is 36.2 Å². The summed E-state index contributed by atoms with van der Waals surface area (Å²) in [5.41, 5.74) is 1.25. The number of aromatic nitrogens is 1. The first-order valence-electron chi connectivity index (χ1n) is 9.76. The predicted molar refractivity (Wildman–Crippen MR) is 122 cm³/mol. The fourth-order valence-corrected chi connectivity index (χ4v) is 4.62. The van der Waals surface area contributed by atoms with Crippen molar-refractivity contribution in [2.75, 3.05) is 18.9 Å². The number of likely N-dealkylation sites (N-methyl/N-ethyl adjacent to an activating group) is 1. The maximum absolute atomic E-state index is 12.8. The van der Waals surface area contributed by atoms with Crippen molar-refractivity contribution in [3.8, 4) is 5.69 Å². The van der Waals surface area contributed by atoms with E-state index in [-0.39, 0.29) is 29.5 Å². The van der Waals surface area contributed by atoms with Crippen molar-refractivity contribution < 1.29 is 9.59 Å². The number of benzene rings is 1. The van der Waals surface area contributed by atoms with Crippen LogP contribution in [0.25, 0.3) is 5.69 Å². The Balaban J connectivity index is 1.36. The first kappa shape index (κ1) is 21.3. The van der Waals surface area contributed by atoms with Gasteiger partial charge in [0.25, 0.3) is 11.5 Å². The lowest BCUT2D eigenvalue weighted by Crippen LogP contribution is -2.37. The molecular formula is C22H21ClN4O3S. The fourth-order valence-electron chi connectivity index (χ4n) is 3.68. The fraction of sp³-hybridized carbons (Fsp3) is 0.227. The molecule has 0 aliphatic carbocycles. The highest BCUT2D eigenvalue weighted by Gasteiger charge is 2.35. The van der Waals surface area contributed by atoms with E-state index in [0.29, 0.717) is 27.9 Å². The van der Waals surface area contributed by atoms with E-state index in [2.05, 4.69) is 10.6 Å². The molecule has 1 aromatic carbocycles. The van der Waals surface area contributed by atoms with Crippen molar-refractivity contribution in [3.05, 3.63) is 80.4 Å². The van der Waals surface area contributed by atoms with Crippen LogP contribution in [0.5, 0.6) is 0 Å². The molecule has 4 rings (SSSR count). The molecular weight excluding hydrogens is 436 g/mol. The van der Waals surface area contributed by atoms with Gasteiger partial charge in [0.2, 0.25) is 5.91 Å². The number of nitrogens with one attached hydrogen (secondary N) is 2. The summed E-state index contributed by atoms with van der Waals surface area (Å²) in [5.74, 6) is -0.314. The van der Waals surface area contributed by atoms with E-state index in [4.69, 9.17) is 11.6 Å².